The van der Waals surface area contributed by atoms with Crippen LogP contribution in [0, 0.1) is 11.3 Å². The molecule has 0 amide bonds. The Labute approximate surface area is 86.7 Å². The van der Waals surface area contributed by atoms with Crippen LogP contribution in [0.2, 0.25) is 0 Å². The minimum atomic E-state index is 0.0175. The van der Waals surface area contributed by atoms with Gasteiger partial charge >= 0.3 is 0 Å². The largest absolute Gasteiger partial charge is 0.305 e. The summed E-state index contributed by atoms with van der Waals surface area (Å²) in [6.07, 6.45) is 8.75. The van der Waals surface area contributed by atoms with Gasteiger partial charge < -0.3 is 9.69 Å². The first kappa shape index (κ1) is 10.2. The second kappa shape index (κ2) is 4.01. The van der Waals surface area contributed by atoms with Gasteiger partial charge in [-0.1, -0.05) is 12.8 Å². The zero-order chi connectivity index (χ0) is 10.0. The number of carbonyl (C=O) groups is 1. The monoisotopic (exact) mass is 195 g/mol. The van der Waals surface area contributed by atoms with Crippen LogP contribution in [0.3, 0.4) is 0 Å². The van der Waals surface area contributed by atoms with Gasteiger partial charge in [-0.05, 0) is 38.6 Å². The van der Waals surface area contributed by atoms with Crippen molar-refractivity contribution in [3.05, 3.63) is 0 Å². The van der Waals surface area contributed by atoms with Gasteiger partial charge in [0.1, 0.15) is 6.29 Å². The molecule has 80 valence electrons. The summed E-state index contributed by atoms with van der Waals surface area (Å²) in [6.45, 7) is 2.20. The Hall–Kier alpha value is -0.370. The summed E-state index contributed by atoms with van der Waals surface area (Å²) in [5, 5.41) is 0. The van der Waals surface area contributed by atoms with Crippen LogP contribution in [-0.2, 0) is 4.79 Å². The highest BCUT2D eigenvalue weighted by molar-refractivity contribution is 5.60. The SMILES string of the molecule is CN(CC1CC1)CC1(C=O)CCCC1. The van der Waals surface area contributed by atoms with Gasteiger partial charge in [-0.3, -0.25) is 0 Å². The van der Waals surface area contributed by atoms with E-state index < -0.39 is 0 Å². The molecule has 0 N–H and O–H groups in total. The normalized spacial score (nSPS) is 25.6. The molecule has 0 aliphatic heterocycles. The molecule has 2 nitrogen and oxygen atoms in total. The van der Waals surface area contributed by atoms with Crippen LogP contribution in [0.1, 0.15) is 38.5 Å². The summed E-state index contributed by atoms with van der Waals surface area (Å²) in [5.41, 5.74) is 0.0175. The highest BCUT2D eigenvalue weighted by Crippen LogP contribution is 2.37. The molecule has 0 unspecified atom stereocenters. The standard InChI is InChI=1S/C12H21NO/c1-13(8-11-4-5-11)9-12(10-14)6-2-3-7-12/h10-11H,2-9H2,1H3. The first-order valence-electron chi connectivity index (χ1n) is 5.89. The van der Waals surface area contributed by atoms with Crippen molar-refractivity contribution < 1.29 is 4.79 Å². The fourth-order valence-corrected chi connectivity index (χ4v) is 2.74. The van der Waals surface area contributed by atoms with Crippen LogP contribution in [0.25, 0.3) is 0 Å². The third kappa shape index (κ3) is 2.35. The summed E-state index contributed by atoms with van der Waals surface area (Å²) < 4.78 is 0. The van der Waals surface area contributed by atoms with Crippen LogP contribution in [0.5, 0.6) is 0 Å². The molecule has 0 aromatic rings. The van der Waals surface area contributed by atoms with E-state index in [4.69, 9.17) is 0 Å². The molecule has 0 atom stereocenters. The molecule has 0 aromatic carbocycles. The van der Waals surface area contributed by atoms with Gasteiger partial charge in [0.2, 0.25) is 0 Å². The van der Waals surface area contributed by atoms with E-state index in [0.717, 1.165) is 25.3 Å². The third-order valence-electron chi connectivity index (χ3n) is 3.70. The first-order chi connectivity index (χ1) is 6.74. The van der Waals surface area contributed by atoms with E-state index >= 15 is 0 Å². The predicted molar refractivity (Wildman–Crippen MR) is 57.2 cm³/mol. The highest BCUT2D eigenvalue weighted by Gasteiger charge is 2.35. The van der Waals surface area contributed by atoms with Crippen LogP contribution < -0.4 is 0 Å². The Morgan fingerprint density at radius 1 is 1.36 bits per heavy atom. The quantitative estimate of drug-likeness (QED) is 0.626. The van der Waals surface area contributed by atoms with Crippen molar-refractivity contribution in [2.24, 2.45) is 11.3 Å². The lowest BCUT2D eigenvalue weighted by molar-refractivity contribution is -0.116. The van der Waals surface area contributed by atoms with Crippen LogP contribution >= 0.6 is 0 Å². The second-order valence-electron chi connectivity index (χ2n) is 5.33. The van der Waals surface area contributed by atoms with Crippen molar-refractivity contribution in [3.63, 3.8) is 0 Å². The van der Waals surface area contributed by atoms with Crippen molar-refractivity contribution in [1.82, 2.24) is 4.90 Å². The zero-order valence-electron chi connectivity index (χ0n) is 9.17. The van der Waals surface area contributed by atoms with Crippen LogP contribution in [-0.4, -0.2) is 31.3 Å². The Kier molecular flexibility index (Phi) is 2.91. The number of hydrogen-bond acceptors (Lipinski definition) is 2. The maximum absolute atomic E-state index is 11.1. The maximum atomic E-state index is 11.1. The van der Waals surface area contributed by atoms with Gasteiger partial charge in [-0.25, -0.2) is 0 Å². The summed E-state index contributed by atoms with van der Waals surface area (Å²) in [4.78, 5) is 13.5. The van der Waals surface area contributed by atoms with Gasteiger partial charge in [0.15, 0.2) is 0 Å². The van der Waals surface area contributed by atoms with Crippen molar-refractivity contribution in [1.29, 1.82) is 0 Å². The summed E-state index contributed by atoms with van der Waals surface area (Å²) >= 11 is 0. The van der Waals surface area contributed by atoms with Crippen molar-refractivity contribution in [2.45, 2.75) is 38.5 Å². The van der Waals surface area contributed by atoms with Gasteiger partial charge in [0.25, 0.3) is 0 Å². The average molecular weight is 195 g/mol. The van der Waals surface area contributed by atoms with Gasteiger partial charge in [0.05, 0.1) is 0 Å². The number of hydrogen-bond donors (Lipinski definition) is 0. The fraction of sp³-hybridized carbons (Fsp3) is 0.917. The van der Waals surface area contributed by atoms with E-state index in [1.54, 1.807) is 0 Å². The molecule has 0 saturated heterocycles. The minimum absolute atomic E-state index is 0.0175. The first-order valence-corrected chi connectivity index (χ1v) is 5.89. The van der Waals surface area contributed by atoms with Crippen LogP contribution in [0.4, 0.5) is 0 Å². The molecule has 2 rings (SSSR count). The third-order valence-corrected chi connectivity index (χ3v) is 3.70. The topological polar surface area (TPSA) is 20.3 Å². The molecular weight excluding hydrogens is 174 g/mol. The van der Waals surface area contributed by atoms with E-state index in [9.17, 15) is 4.79 Å². The van der Waals surface area contributed by atoms with Crippen molar-refractivity contribution >= 4 is 6.29 Å². The van der Waals surface area contributed by atoms with Gasteiger partial charge in [-0.2, -0.15) is 0 Å². The summed E-state index contributed by atoms with van der Waals surface area (Å²) in [7, 11) is 2.17. The lowest BCUT2D eigenvalue weighted by Gasteiger charge is -2.28. The predicted octanol–water partition coefficient (Wildman–Crippen LogP) is 2.09. The highest BCUT2D eigenvalue weighted by atomic mass is 16.1. The van der Waals surface area contributed by atoms with E-state index in [1.807, 2.05) is 0 Å². The molecule has 0 spiro atoms. The molecule has 2 heteroatoms. The molecule has 0 aromatic heterocycles. The molecule has 2 aliphatic rings. The lowest BCUT2D eigenvalue weighted by atomic mass is 9.87. The molecular formula is C12H21NO. The lowest BCUT2D eigenvalue weighted by Crippen LogP contribution is -2.35. The maximum Gasteiger partial charge on any atom is 0.127 e. The molecule has 0 radical (unpaired) electrons. The number of aldehydes is 1. The van der Waals surface area contributed by atoms with Crippen LogP contribution in [0.15, 0.2) is 0 Å². The summed E-state index contributed by atoms with van der Waals surface area (Å²) in [5.74, 6) is 0.935. The average Bonchev–Trinajstić information content (AvgIpc) is 2.83. The molecule has 0 heterocycles. The molecule has 2 fully saturated rings. The Balaban J connectivity index is 1.82. The number of carbonyl (C=O) groups excluding carboxylic acids is 1. The molecule has 2 aliphatic carbocycles. The van der Waals surface area contributed by atoms with E-state index in [2.05, 4.69) is 11.9 Å². The Morgan fingerprint density at radius 3 is 2.50 bits per heavy atom. The molecule has 0 bridgehead atoms. The van der Waals surface area contributed by atoms with Gasteiger partial charge in [0, 0.05) is 18.5 Å². The van der Waals surface area contributed by atoms with Crippen molar-refractivity contribution in [3.8, 4) is 0 Å². The van der Waals surface area contributed by atoms with E-state index in [-0.39, 0.29) is 5.41 Å². The summed E-state index contributed by atoms with van der Waals surface area (Å²) in [6, 6.07) is 0. The number of nitrogens with zero attached hydrogens (tertiary/aromatic N) is 1. The van der Waals surface area contributed by atoms with Gasteiger partial charge in [-0.15, -0.1) is 0 Å². The fourth-order valence-electron chi connectivity index (χ4n) is 2.74. The Morgan fingerprint density at radius 2 is 2.00 bits per heavy atom. The van der Waals surface area contributed by atoms with E-state index in [1.165, 1.54) is 38.5 Å². The molecule has 2 saturated carbocycles. The Bertz CT molecular complexity index is 204. The smallest absolute Gasteiger partial charge is 0.127 e. The zero-order valence-corrected chi connectivity index (χ0v) is 9.17. The minimum Gasteiger partial charge on any atom is -0.305 e. The molecule has 14 heavy (non-hydrogen) atoms. The number of rotatable bonds is 5. The van der Waals surface area contributed by atoms with Crippen molar-refractivity contribution in [2.75, 3.05) is 20.1 Å². The van der Waals surface area contributed by atoms with E-state index in [0.29, 0.717) is 0 Å². The second-order valence-corrected chi connectivity index (χ2v) is 5.33.